The van der Waals surface area contributed by atoms with Gasteiger partial charge in [-0.25, -0.2) is 5.09 Å². The van der Waals surface area contributed by atoms with Crippen molar-refractivity contribution in [3.8, 4) is 5.75 Å². The van der Waals surface area contributed by atoms with Gasteiger partial charge in [-0.15, -0.1) is 0 Å². The van der Waals surface area contributed by atoms with Gasteiger partial charge in [-0.1, -0.05) is 39.0 Å². The van der Waals surface area contributed by atoms with E-state index in [1.165, 1.54) is 27.1 Å². The van der Waals surface area contributed by atoms with Crippen molar-refractivity contribution in [1.29, 1.82) is 0 Å². The van der Waals surface area contributed by atoms with Gasteiger partial charge >= 0.3 is 13.5 Å². The molecule has 0 aliphatic heterocycles. The van der Waals surface area contributed by atoms with Crippen LogP contribution in [-0.4, -0.2) is 32.1 Å². The molecular weight excluding hydrogens is 377 g/mol. The quantitative estimate of drug-likeness (QED) is 0.429. The number of hydrogen-bond donors (Lipinski definition) is 1. The second-order valence-electron chi connectivity index (χ2n) is 8.46. The Morgan fingerprint density at radius 1 is 1.21 bits per heavy atom. The molecule has 1 saturated carbocycles. The van der Waals surface area contributed by atoms with E-state index in [2.05, 4.69) is 25.9 Å². The molecule has 2 atom stereocenters. The van der Waals surface area contributed by atoms with Crippen LogP contribution in [-0.2, 0) is 18.8 Å². The lowest BCUT2D eigenvalue weighted by atomic mass is 9.90. The van der Waals surface area contributed by atoms with Gasteiger partial charge in [0, 0.05) is 7.11 Å². The molecule has 7 heteroatoms. The minimum atomic E-state index is -3.55. The number of hydrogen-bond acceptors (Lipinski definition) is 5. The minimum absolute atomic E-state index is 0.156. The molecule has 0 amide bonds. The third-order valence-corrected chi connectivity index (χ3v) is 7.18. The van der Waals surface area contributed by atoms with Crippen LogP contribution in [0, 0.1) is 5.92 Å². The number of benzene rings is 1. The minimum Gasteiger partial charge on any atom is -0.468 e. The smallest absolute Gasteiger partial charge is 0.342 e. The van der Waals surface area contributed by atoms with Gasteiger partial charge in [0.25, 0.3) is 0 Å². The number of esters is 1. The van der Waals surface area contributed by atoms with Crippen LogP contribution in [0.25, 0.3) is 0 Å². The van der Waals surface area contributed by atoms with Gasteiger partial charge < -0.3 is 14.0 Å². The first-order valence-corrected chi connectivity index (χ1v) is 11.6. The molecule has 6 nitrogen and oxygen atoms in total. The van der Waals surface area contributed by atoms with Gasteiger partial charge in [0.2, 0.25) is 0 Å². The van der Waals surface area contributed by atoms with Crippen molar-refractivity contribution in [1.82, 2.24) is 5.09 Å². The number of nitrogens with one attached hydrogen (secondary N) is 1. The number of carbonyl (C=O) groups excluding carboxylic acids is 1. The van der Waals surface area contributed by atoms with E-state index in [1.54, 1.807) is 13.8 Å². The standard InChI is InChI=1S/C21H34NO5P/c1-14(2)17-9-8-10-18(15(3)16-11-12-16)19(17)27-28(24,13-25-6)22-21(4,5)20(23)26-7/h8-10,14-16H,11-13H2,1-7H3,(H,22,24)/t15-,28?/m1/s1. The van der Waals surface area contributed by atoms with E-state index in [0.717, 1.165) is 11.1 Å². The summed E-state index contributed by atoms with van der Waals surface area (Å²) in [4.78, 5) is 12.1. The Bertz CT molecular complexity index is 742. The van der Waals surface area contributed by atoms with Crippen molar-refractivity contribution in [2.75, 3.05) is 20.6 Å². The van der Waals surface area contributed by atoms with Gasteiger partial charge in [-0.2, -0.15) is 0 Å². The van der Waals surface area contributed by atoms with Crippen LogP contribution in [0.5, 0.6) is 5.75 Å². The molecule has 1 unspecified atom stereocenters. The second-order valence-corrected chi connectivity index (χ2v) is 10.5. The van der Waals surface area contributed by atoms with Crippen molar-refractivity contribution in [3.63, 3.8) is 0 Å². The van der Waals surface area contributed by atoms with Crippen molar-refractivity contribution >= 4 is 13.5 Å². The molecule has 1 N–H and O–H groups in total. The Morgan fingerprint density at radius 2 is 1.82 bits per heavy atom. The number of para-hydroxylation sites is 1. The Kier molecular flexibility index (Phi) is 7.35. The largest absolute Gasteiger partial charge is 0.468 e. The highest BCUT2D eigenvalue weighted by molar-refractivity contribution is 7.57. The third kappa shape index (κ3) is 5.37. The van der Waals surface area contributed by atoms with E-state index in [9.17, 15) is 9.36 Å². The summed E-state index contributed by atoms with van der Waals surface area (Å²) in [6.45, 7) is 9.60. The normalized spacial score (nSPS) is 17.9. The lowest BCUT2D eigenvalue weighted by Crippen LogP contribution is -2.46. The molecule has 1 aliphatic rings. The molecule has 0 aromatic heterocycles. The summed E-state index contributed by atoms with van der Waals surface area (Å²) >= 11 is 0. The average Bonchev–Trinajstić information content (AvgIpc) is 3.44. The molecule has 1 aromatic rings. The highest BCUT2D eigenvalue weighted by Gasteiger charge is 2.40. The lowest BCUT2D eigenvalue weighted by molar-refractivity contribution is -0.146. The zero-order valence-corrected chi connectivity index (χ0v) is 19.0. The molecule has 158 valence electrons. The summed E-state index contributed by atoms with van der Waals surface area (Å²) < 4.78 is 29.9. The molecule has 0 bridgehead atoms. The van der Waals surface area contributed by atoms with Gasteiger partial charge in [0.05, 0.1) is 7.11 Å². The van der Waals surface area contributed by atoms with Crippen LogP contribution in [0.2, 0.25) is 0 Å². The van der Waals surface area contributed by atoms with E-state index < -0.39 is 19.0 Å². The van der Waals surface area contributed by atoms with Crippen LogP contribution >= 0.6 is 7.52 Å². The average molecular weight is 411 g/mol. The van der Waals surface area contributed by atoms with E-state index in [1.807, 2.05) is 18.2 Å². The molecule has 0 saturated heterocycles. The molecule has 1 aromatic carbocycles. The summed E-state index contributed by atoms with van der Waals surface area (Å²) in [5, 5.41) is 2.88. The summed E-state index contributed by atoms with van der Waals surface area (Å²) in [6, 6.07) is 6.09. The Balaban J connectivity index is 2.45. The zero-order chi connectivity index (χ0) is 21.1. The highest BCUT2D eigenvalue weighted by Crippen LogP contribution is 2.52. The highest BCUT2D eigenvalue weighted by atomic mass is 31.2. The number of carbonyl (C=O) groups is 1. The van der Waals surface area contributed by atoms with E-state index in [0.29, 0.717) is 17.6 Å². The molecule has 0 heterocycles. The maximum absolute atomic E-state index is 13.7. The fourth-order valence-electron chi connectivity index (χ4n) is 3.47. The summed E-state index contributed by atoms with van der Waals surface area (Å²) in [6.07, 6.45) is 2.25. The first kappa shape index (κ1) is 22.9. The van der Waals surface area contributed by atoms with Gasteiger partial charge in [0.15, 0.2) is 0 Å². The fraction of sp³-hybridized carbons (Fsp3) is 0.667. The van der Waals surface area contributed by atoms with Crippen molar-refractivity contribution in [2.45, 2.75) is 64.8 Å². The first-order chi connectivity index (χ1) is 13.0. The fourth-order valence-corrected chi connectivity index (χ4v) is 5.42. The molecule has 1 fully saturated rings. The molecule has 0 spiro atoms. The Labute approximate surface area is 168 Å². The molecule has 0 radical (unpaired) electrons. The summed E-state index contributed by atoms with van der Waals surface area (Å²) in [5.74, 6) is 1.27. The van der Waals surface area contributed by atoms with Crippen molar-refractivity contribution in [3.05, 3.63) is 29.3 Å². The van der Waals surface area contributed by atoms with Crippen LogP contribution in [0.4, 0.5) is 0 Å². The number of methoxy groups -OCH3 is 2. The lowest BCUT2D eigenvalue weighted by Gasteiger charge is -2.31. The van der Waals surface area contributed by atoms with Crippen LogP contribution < -0.4 is 9.61 Å². The number of ether oxygens (including phenoxy) is 2. The van der Waals surface area contributed by atoms with E-state index >= 15 is 0 Å². The summed E-state index contributed by atoms with van der Waals surface area (Å²) in [7, 11) is -0.780. The predicted octanol–water partition coefficient (Wildman–Crippen LogP) is 5.04. The van der Waals surface area contributed by atoms with Crippen LogP contribution in [0.1, 0.15) is 70.4 Å². The molecule has 28 heavy (non-hydrogen) atoms. The van der Waals surface area contributed by atoms with E-state index in [-0.39, 0.29) is 12.3 Å². The van der Waals surface area contributed by atoms with Crippen LogP contribution in [0.15, 0.2) is 18.2 Å². The molecule has 1 aliphatic carbocycles. The number of rotatable bonds is 10. The van der Waals surface area contributed by atoms with Gasteiger partial charge in [-0.3, -0.25) is 9.36 Å². The Hall–Kier alpha value is -1.36. The van der Waals surface area contributed by atoms with Gasteiger partial charge in [-0.05, 0) is 55.6 Å². The van der Waals surface area contributed by atoms with Gasteiger partial charge in [0.1, 0.15) is 17.6 Å². The SMILES string of the molecule is COCP(=O)(NC(C)(C)C(=O)OC)Oc1c(C(C)C)cccc1[C@H](C)C1CC1. The first-order valence-electron chi connectivity index (χ1n) is 9.83. The molecular formula is C21H34NO5P. The van der Waals surface area contributed by atoms with Crippen LogP contribution in [0.3, 0.4) is 0 Å². The summed E-state index contributed by atoms with van der Waals surface area (Å²) in [5.41, 5.74) is 0.874. The zero-order valence-electron chi connectivity index (χ0n) is 18.1. The van der Waals surface area contributed by atoms with E-state index in [4.69, 9.17) is 14.0 Å². The maximum Gasteiger partial charge on any atom is 0.342 e. The van der Waals surface area contributed by atoms with Crippen molar-refractivity contribution < 1.29 is 23.4 Å². The molecule has 2 rings (SSSR count). The predicted molar refractivity (Wildman–Crippen MR) is 111 cm³/mol. The Morgan fingerprint density at radius 3 is 2.32 bits per heavy atom. The third-order valence-electron chi connectivity index (χ3n) is 5.20. The maximum atomic E-state index is 13.7. The topological polar surface area (TPSA) is 73.9 Å². The monoisotopic (exact) mass is 411 g/mol. The van der Waals surface area contributed by atoms with Crippen molar-refractivity contribution in [2.24, 2.45) is 5.92 Å². The second kappa shape index (κ2) is 8.98.